The van der Waals surface area contributed by atoms with Gasteiger partial charge in [-0.1, -0.05) is 31.9 Å². The fourth-order valence-electron chi connectivity index (χ4n) is 2.16. The second-order valence-corrected chi connectivity index (χ2v) is 5.59. The minimum absolute atomic E-state index is 0.0516. The van der Waals surface area contributed by atoms with Gasteiger partial charge in [0.1, 0.15) is 0 Å². The van der Waals surface area contributed by atoms with Crippen molar-refractivity contribution in [1.82, 2.24) is 5.32 Å². The van der Waals surface area contributed by atoms with Crippen LogP contribution in [0.4, 0.5) is 0 Å². The van der Waals surface area contributed by atoms with E-state index in [1.165, 1.54) is 6.42 Å². The van der Waals surface area contributed by atoms with Crippen molar-refractivity contribution in [2.45, 2.75) is 71.1 Å². The Morgan fingerprint density at radius 1 is 1.00 bits per heavy atom. The predicted molar refractivity (Wildman–Crippen MR) is 91.9 cm³/mol. The van der Waals surface area contributed by atoms with Crippen molar-refractivity contribution in [2.75, 3.05) is 26.3 Å². The van der Waals surface area contributed by atoms with Crippen LogP contribution < -0.4 is 5.32 Å². The fourth-order valence-corrected chi connectivity index (χ4v) is 2.16. The van der Waals surface area contributed by atoms with Gasteiger partial charge in [-0.2, -0.15) is 0 Å². The number of unbranched alkanes of at least 4 members (excludes halogenated alkanes) is 6. The Morgan fingerprint density at radius 2 is 1.77 bits per heavy atom. The summed E-state index contributed by atoms with van der Waals surface area (Å²) in [5, 5.41) is 11.7. The van der Waals surface area contributed by atoms with Crippen molar-refractivity contribution in [3.63, 3.8) is 0 Å². The number of hydrogen-bond donors (Lipinski definition) is 2. The molecule has 0 saturated heterocycles. The number of nitrogens with one attached hydrogen (secondary N) is 1. The van der Waals surface area contributed by atoms with Crippen LogP contribution in [0.3, 0.4) is 0 Å². The quantitative estimate of drug-likeness (QED) is 0.260. The van der Waals surface area contributed by atoms with Crippen LogP contribution in [-0.4, -0.2) is 37.4 Å². The fraction of sp³-hybridized carbons (Fsp3) is 0.833. The lowest BCUT2D eigenvalue weighted by Crippen LogP contribution is -2.19. The summed E-state index contributed by atoms with van der Waals surface area (Å²) in [7, 11) is 0. The number of allylic oxidation sites excluding steroid dienone is 2. The molecular formula is C18H35NO3. The van der Waals surface area contributed by atoms with Crippen LogP contribution in [-0.2, 0) is 9.53 Å². The summed E-state index contributed by atoms with van der Waals surface area (Å²) in [5.41, 5.74) is 0. The molecule has 0 atom stereocenters. The lowest BCUT2D eigenvalue weighted by atomic mass is 10.1. The molecule has 4 nitrogen and oxygen atoms in total. The molecule has 22 heavy (non-hydrogen) atoms. The zero-order chi connectivity index (χ0) is 16.3. The minimum Gasteiger partial charge on any atom is -0.466 e. The van der Waals surface area contributed by atoms with Crippen LogP contribution in [0.1, 0.15) is 71.1 Å². The number of esters is 1. The maximum absolute atomic E-state index is 11.5. The highest BCUT2D eigenvalue weighted by molar-refractivity contribution is 5.69. The molecule has 0 aliphatic rings. The topological polar surface area (TPSA) is 58.6 Å². The van der Waals surface area contributed by atoms with E-state index < -0.39 is 0 Å². The van der Waals surface area contributed by atoms with Gasteiger partial charge in [0.05, 0.1) is 13.2 Å². The van der Waals surface area contributed by atoms with Gasteiger partial charge in [-0.05, 0) is 51.5 Å². The first-order valence-corrected chi connectivity index (χ1v) is 8.93. The second-order valence-electron chi connectivity index (χ2n) is 5.59. The third kappa shape index (κ3) is 17.2. The molecular weight excluding hydrogens is 278 g/mol. The molecule has 2 N–H and O–H groups in total. The van der Waals surface area contributed by atoms with Crippen molar-refractivity contribution >= 4 is 5.97 Å². The maximum atomic E-state index is 11.5. The van der Waals surface area contributed by atoms with Crippen LogP contribution >= 0.6 is 0 Å². The first-order valence-electron chi connectivity index (χ1n) is 8.93. The third-order valence-electron chi connectivity index (χ3n) is 3.45. The van der Waals surface area contributed by atoms with Gasteiger partial charge in [-0.3, -0.25) is 4.79 Å². The normalized spacial score (nSPS) is 11.2. The van der Waals surface area contributed by atoms with E-state index in [1.807, 2.05) is 0 Å². The molecule has 0 rings (SSSR count). The zero-order valence-corrected chi connectivity index (χ0v) is 14.3. The van der Waals surface area contributed by atoms with Gasteiger partial charge in [0, 0.05) is 13.0 Å². The monoisotopic (exact) mass is 313 g/mol. The average molecular weight is 313 g/mol. The summed E-state index contributed by atoms with van der Waals surface area (Å²) in [6.07, 6.45) is 14.7. The smallest absolute Gasteiger partial charge is 0.305 e. The molecule has 0 unspecified atom stereocenters. The molecule has 0 aromatic heterocycles. The Bertz CT molecular complexity index is 267. The van der Waals surface area contributed by atoms with Gasteiger partial charge < -0.3 is 15.2 Å². The third-order valence-corrected chi connectivity index (χ3v) is 3.45. The van der Waals surface area contributed by atoms with Crippen LogP contribution in [0.2, 0.25) is 0 Å². The highest BCUT2D eigenvalue weighted by Gasteiger charge is 2.02. The number of aliphatic hydroxyl groups excluding tert-OH is 1. The van der Waals surface area contributed by atoms with Gasteiger partial charge in [0.2, 0.25) is 0 Å². The molecule has 0 aliphatic heterocycles. The Labute approximate surface area is 136 Å². The molecule has 0 aromatic rings. The highest BCUT2D eigenvalue weighted by atomic mass is 16.5. The lowest BCUT2D eigenvalue weighted by molar-refractivity contribution is -0.143. The van der Waals surface area contributed by atoms with Gasteiger partial charge in [-0.25, -0.2) is 0 Å². The van der Waals surface area contributed by atoms with E-state index in [0.29, 0.717) is 19.6 Å². The number of ether oxygens (including phenoxy) is 1. The summed E-state index contributed by atoms with van der Waals surface area (Å²) >= 11 is 0. The first-order chi connectivity index (χ1) is 10.8. The Balaban J connectivity index is 3.18. The van der Waals surface area contributed by atoms with E-state index in [-0.39, 0.29) is 12.6 Å². The van der Waals surface area contributed by atoms with E-state index in [2.05, 4.69) is 24.4 Å². The SMILES string of the molecule is CC/C=C\CCCCCOC(=O)CCCCCCNCCO. The standard InChI is InChI=1S/C18H35NO3/c1-2-3-4-5-6-9-12-17-22-18(21)13-10-7-8-11-14-19-15-16-20/h3-4,19-20H,2,5-17H2,1H3/b4-3-. The number of aliphatic hydroxyl groups is 1. The number of carbonyl (C=O) groups excluding carboxylic acids is 1. The largest absolute Gasteiger partial charge is 0.466 e. The van der Waals surface area contributed by atoms with Gasteiger partial charge in [-0.15, -0.1) is 0 Å². The number of rotatable bonds is 16. The van der Waals surface area contributed by atoms with Gasteiger partial charge >= 0.3 is 5.97 Å². The molecule has 0 fully saturated rings. The van der Waals surface area contributed by atoms with E-state index in [9.17, 15) is 4.79 Å². The van der Waals surface area contributed by atoms with E-state index >= 15 is 0 Å². The minimum atomic E-state index is -0.0516. The maximum Gasteiger partial charge on any atom is 0.305 e. The molecule has 0 radical (unpaired) electrons. The van der Waals surface area contributed by atoms with Crippen molar-refractivity contribution in [3.8, 4) is 0 Å². The average Bonchev–Trinajstić information content (AvgIpc) is 2.52. The molecule has 0 bridgehead atoms. The van der Waals surface area contributed by atoms with Crippen molar-refractivity contribution in [3.05, 3.63) is 12.2 Å². The molecule has 0 spiro atoms. The zero-order valence-electron chi connectivity index (χ0n) is 14.3. The number of carbonyl (C=O) groups is 1. The summed E-state index contributed by atoms with van der Waals surface area (Å²) in [5.74, 6) is -0.0516. The van der Waals surface area contributed by atoms with Crippen LogP contribution in [0.15, 0.2) is 12.2 Å². The molecule has 4 heteroatoms. The van der Waals surface area contributed by atoms with Crippen LogP contribution in [0.5, 0.6) is 0 Å². The number of hydrogen-bond acceptors (Lipinski definition) is 4. The molecule has 0 aromatic carbocycles. The Morgan fingerprint density at radius 3 is 2.55 bits per heavy atom. The van der Waals surface area contributed by atoms with E-state index in [4.69, 9.17) is 9.84 Å². The summed E-state index contributed by atoms with van der Waals surface area (Å²) in [4.78, 5) is 11.5. The first kappa shape index (κ1) is 21.1. The second kappa shape index (κ2) is 18.2. The molecule has 0 heterocycles. The molecule has 0 saturated carbocycles. The summed E-state index contributed by atoms with van der Waals surface area (Å²) < 4.78 is 5.23. The predicted octanol–water partition coefficient (Wildman–Crippen LogP) is 3.59. The molecule has 0 amide bonds. The van der Waals surface area contributed by atoms with E-state index in [0.717, 1.165) is 57.9 Å². The summed E-state index contributed by atoms with van der Waals surface area (Å²) in [6, 6.07) is 0. The van der Waals surface area contributed by atoms with Crippen LogP contribution in [0, 0.1) is 0 Å². The van der Waals surface area contributed by atoms with Crippen molar-refractivity contribution in [1.29, 1.82) is 0 Å². The van der Waals surface area contributed by atoms with Gasteiger partial charge in [0.15, 0.2) is 0 Å². The highest BCUT2D eigenvalue weighted by Crippen LogP contribution is 2.05. The van der Waals surface area contributed by atoms with Gasteiger partial charge in [0.25, 0.3) is 0 Å². The Hall–Kier alpha value is -0.870. The van der Waals surface area contributed by atoms with Crippen molar-refractivity contribution in [2.24, 2.45) is 0 Å². The van der Waals surface area contributed by atoms with E-state index in [1.54, 1.807) is 0 Å². The summed E-state index contributed by atoms with van der Waals surface area (Å²) in [6.45, 7) is 4.52. The Kier molecular flexibility index (Phi) is 17.5. The molecule has 0 aliphatic carbocycles. The molecule has 130 valence electrons. The van der Waals surface area contributed by atoms with Crippen molar-refractivity contribution < 1.29 is 14.6 Å². The lowest BCUT2D eigenvalue weighted by Gasteiger charge is -2.05. The van der Waals surface area contributed by atoms with Crippen LogP contribution in [0.25, 0.3) is 0 Å².